The van der Waals surface area contributed by atoms with Crippen LogP contribution in [0.25, 0.3) is 10.1 Å². The molecule has 118 valence electrons. The molecule has 0 saturated carbocycles. The Balaban J connectivity index is 2.56. The Hall–Kier alpha value is -1.68. The highest BCUT2D eigenvalue weighted by Crippen LogP contribution is 2.35. The van der Waals surface area contributed by atoms with Gasteiger partial charge in [-0.1, -0.05) is 26.0 Å². The van der Waals surface area contributed by atoms with E-state index in [0.717, 1.165) is 34.1 Å². The van der Waals surface area contributed by atoms with Crippen LogP contribution in [0.15, 0.2) is 18.2 Å². The van der Waals surface area contributed by atoms with Gasteiger partial charge in [-0.2, -0.15) is 0 Å². The Morgan fingerprint density at radius 2 is 1.86 bits per heavy atom. The van der Waals surface area contributed by atoms with Gasteiger partial charge in [-0.3, -0.25) is 4.79 Å². The van der Waals surface area contributed by atoms with Gasteiger partial charge in [0, 0.05) is 16.2 Å². The molecule has 0 atom stereocenters. The summed E-state index contributed by atoms with van der Waals surface area (Å²) >= 11 is 1.37. The molecule has 4 heteroatoms. The number of aryl methyl sites for hydroxylation is 1. The van der Waals surface area contributed by atoms with Gasteiger partial charge >= 0.3 is 5.97 Å². The van der Waals surface area contributed by atoms with Gasteiger partial charge in [-0.25, -0.2) is 4.79 Å². The van der Waals surface area contributed by atoms with E-state index < -0.39 is 0 Å². The maximum atomic E-state index is 12.7. The van der Waals surface area contributed by atoms with Crippen LogP contribution in [0.5, 0.6) is 0 Å². The molecule has 0 radical (unpaired) electrons. The van der Waals surface area contributed by atoms with Crippen molar-refractivity contribution in [1.29, 1.82) is 0 Å². The van der Waals surface area contributed by atoms with Crippen LogP contribution in [0, 0.1) is 12.8 Å². The first-order valence-electron chi connectivity index (χ1n) is 7.78. The molecule has 0 saturated heterocycles. The van der Waals surface area contributed by atoms with Gasteiger partial charge in [-0.05, 0) is 43.7 Å². The average molecular weight is 318 g/mol. The minimum atomic E-state index is -0.304. The van der Waals surface area contributed by atoms with Gasteiger partial charge in [0.1, 0.15) is 4.88 Å². The predicted molar refractivity (Wildman–Crippen MR) is 90.9 cm³/mol. The molecular formula is C18H22O3S. The molecule has 2 aromatic rings. The maximum absolute atomic E-state index is 12.7. The van der Waals surface area contributed by atoms with E-state index >= 15 is 0 Å². The monoisotopic (exact) mass is 318 g/mol. The van der Waals surface area contributed by atoms with Gasteiger partial charge in [0.05, 0.1) is 6.61 Å². The van der Waals surface area contributed by atoms with Crippen LogP contribution in [0.2, 0.25) is 0 Å². The molecule has 2 rings (SSSR count). The summed E-state index contributed by atoms with van der Waals surface area (Å²) < 4.78 is 6.02. The number of benzene rings is 1. The van der Waals surface area contributed by atoms with Crippen molar-refractivity contribution in [2.75, 3.05) is 6.61 Å². The molecule has 1 heterocycles. The molecule has 0 aliphatic carbocycles. The lowest BCUT2D eigenvalue weighted by atomic mass is 9.92. The van der Waals surface area contributed by atoms with E-state index in [0.29, 0.717) is 11.5 Å². The van der Waals surface area contributed by atoms with Crippen molar-refractivity contribution in [2.24, 2.45) is 5.92 Å². The molecule has 0 amide bonds. The lowest BCUT2D eigenvalue weighted by Gasteiger charge is -2.11. The first-order valence-corrected chi connectivity index (χ1v) is 8.60. The zero-order valence-corrected chi connectivity index (χ0v) is 14.4. The Bertz CT molecular complexity index is 696. The highest BCUT2D eigenvalue weighted by molar-refractivity contribution is 7.21. The number of carbonyl (C=O) groups is 2. The third-order valence-electron chi connectivity index (χ3n) is 4.05. The van der Waals surface area contributed by atoms with Crippen LogP contribution in [-0.2, 0) is 4.74 Å². The highest BCUT2D eigenvalue weighted by Gasteiger charge is 2.23. The normalized spacial score (nSPS) is 11.1. The van der Waals surface area contributed by atoms with Crippen LogP contribution in [-0.4, -0.2) is 18.4 Å². The number of ether oxygens (including phenoxy) is 1. The highest BCUT2D eigenvalue weighted by atomic mass is 32.1. The van der Waals surface area contributed by atoms with Crippen LogP contribution in [0.4, 0.5) is 0 Å². The van der Waals surface area contributed by atoms with Gasteiger partial charge < -0.3 is 4.74 Å². The first-order chi connectivity index (χ1) is 10.5. The third kappa shape index (κ3) is 2.93. The van der Waals surface area contributed by atoms with Gasteiger partial charge in [0.25, 0.3) is 0 Å². The predicted octanol–water partition coefficient (Wildman–Crippen LogP) is 5.01. The number of rotatable bonds is 6. The molecule has 0 spiro atoms. The molecule has 0 N–H and O–H groups in total. The van der Waals surface area contributed by atoms with Crippen molar-refractivity contribution < 1.29 is 14.3 Å². The fraction of sp³-hybridized carbons (Fsp3) is 0.444. The standard InChI is InChI=1S/C18H22O3S/c1-5-12(6-2)15(19)14-10-8-9-13-11(4)16(22-17(13)14)18(20)21-7-3/h8-10,12H,5-7H2,1-4H3. The molecule has 0 aliphatic heterocycles. The summed E-state index contributed by atoms with van der Waals surface area (Å²) in [6.45, 7) is 8.14. The smallest absolute Gasteiger partial charge is 0.348 e. The maximum Gasteiger partial charge on any atom is 0.348 e. The minimum Gasteiger partial charge on any atom is -0.462 e. The lowest BCUT2D eigenvalue weighted by molar-refractivity contribution is 0.0531. The molecule has 1 aromatic heterocycles. The Morgan fingerprint density at radius 3 is 2.45 bits per heavy atom. The van der Waals surface area contributed by atoms with Gasteiger partial charge in [0.15, 0.2) is 5.78 Å². The molecule has 0 bridgehead atoms. The van der Waals surface area contributed by atoms with E-state index in [1.54, 1.807) is 6.92 Å². The fourth-order valence-corrected chi connectivity index (χ4v) is 3.93. The molecule has 0 fully saturated rings. The lowest BCUT2D eigenvalue weighted by Crippen LogP contribution is -2.12. The average Bonchev–Trinajstić information content (AvgIpc) is 2.86. The van der Waals surface area contributed by atoms with E-state index in [1.165, 1.54) is 11.3 Å². The van der Waals surface area contributed by atoms with Gasteiger partial charge in [0.2, 0.25) is 0 Å². The zero-order chi connectivity index (χ0) is 16.3. The topological polar surface area (TPSA) is 43.4 Å². The van der Waals surface area contributed by atoms with E-state index in [4.69, 9.17) is 4.74 Å². The number of thiophene rings is 1. The van der Waals surface area contributed by atoms with Crippen LogP contribution < -0.4 is 0 Å². The van der Waals surface area contributed by atoms with E-state index in [9.17, 15) is 9.59 Å². The minimum absolute atomic E-state index is 0.0408. The Labute approximate surface area is 135 Å². The van der Waals surface area contributed by atoms with Crippen molar-refractivity contribution in [3.05, 3.63) is 34.2 Å². The number of esters is 1. The van der Waals surface area contributed by atoms with Crippen molar-refractivity contribution in [3.8, 4) is 0 Å². The van der Waals surface area contributed by atoms with Crippen LogP contribution in [0.3, 0.4) is 0 Å². The molecular weight excluding hydrogens is 296 g/mol. The van der Waals surface area contributed by atoms with E-state index in [1.807, 2.05) is 39.0 Å². The third-order valence-corrected chi connectivity index (χ3v) is 5.37. The summed E-state index contributed by atoms with van der Waals surface area (Å²) in [5.41, 5.74) is 1.63. The Morgan fingerprint density at radius 1 is 1.18 bits per heavy atom. The van der Waals surface area contributed by atoms with Crippen molar-refractivity contribution in [1.82, 2.24) is 0 Å². The van der Waals surface area contributed by atoms with Crippen molar-refractivity contribution in [3.63, 3.8) is 0 Å². The number of carbonyl (C=O) groups excluding carboxylic acids is 2. The Kier molecular flexibility index (Phi) is 5.35. The second-order valence-corrected chi connectivity index (χ2v) is 6.36. The van der Waals surface area contributed by atoms with Crippen molar-refractivity contribution >= 4 is 33.2 Å². The largest absolute Gasteiger partial charge is 0.462 e. The summed E-state index contributed by atoms with van der Waals surface area (Å²) in [6, 6.07) is 5.73. The summed E-state index contributed by atoms with van der Waals surface area (Å²) in [7, 11) is 0. The summed E-state index contributed by atoms with van der Waals surface area (Å²) in [5, 5.41) is 0.977. The molecule has 1 aromatic carbocycles. The molecule has 22 heavy (non-hydrogen) atoms. The van der Waals surface area contributed by atoms with E-state index in [2.05, 4.69) is 0 Å². The quantitative estimate of drug-likeness (QED) is 0.556. The number of hydrogen-bond acceptors (Lipinski definition) is 4. The van der Waals surface area contributed by atoms with E-state index in [-0.39, 0.29) is 17.7 Å². The second-order valence-electron chi connectivity index (χ2n) is 5.34. The van der Waals surface area contributed by atoms with Crippen molar-refractivity contribution in [2.45, 2.75) is 40.5 Å². The first kappa shape index (κ1) is 16.7. The fourth-order valence-electron chi connectivity index (χ4n) is 2.71. The summed E-state index contributed by atoms with van der Waals surface area (Å²) in [6.07, 6.45) is 1.67. The molecule has 0 aliphatic rings. The number of ketones is 1. The summed E-state index contributed by atoms with van der Waals surface area (Å²) in [4.78, 5) is 25.4. The number of Topliss-reactive ketones (excluding diaryl/α,β-unsaturated/α-hetero) is 1. The van der Waals surface area contributed by atoms with Crippen LogP contribution in [0.1, 0.15) is 59.2 Å². The molecule has 0 unspecified atom stereocenters. The van der Waals surface area contributed by atoms with Crippen LogP contribution >= 0.6 is 11.3 Å². The second kappa shape index (κ2) is 7.05. The SMILES string of the molecule is CCOC(=O)c1sc2c(C(=O)C(CC)CC)cccc2c1C. The van der Waals surface area contributed by atoms with Gasteiger partial charge in [-0.15, -0.1) is 11.3 Å². The number of hydrogen-bond donors (Lipinski definition) is 0. The number of fused-ring (bicyclic) bond motifs is 1. The zero-order valence-electron chi connectivity index (χ0n) is 13.6. The molecule has 3 nitrogen and oxygen atoms in total. The summed E-state index contributed by atoms with van der Waals surface area (Å²) in [5.74, 6) is -0.0894.